The van der Waals surface area contributed by atoms with Crippen LogP contribution in [0, 0.1) is 0 Å². The van der Waals surface area contributed by atoms with E-state index in [1.165, 1.54) is 7.11 Å². The van der Waals surface area contributed by atoms with Crippen molar-refractivity contribution in [3.05, 3.63) is 71.8 Å². The molecule has 0 saturated carbocycles. The van der Waals surface area contributed by atoms with Gasteiger partial charge in [0, 0.05) is 6.42 Å². The standard InChI is InChI=1S/C23H26N2O7/c1-30-20(26)14-19(22(28)31-2)24-21(27)18(13-16-9-5-3-6-10-16)25-23(29)32-15-17-11-7-4-8-12-17/h3-12,18-19H,13-15H2,1-2H3,(H,24,27)(H,25,29)/t18-,19+/m1/s1. The molecule has 2 aromatic rings. The summed E-state index contributed by atoms with van der Waals surface area (Å²) in [6.07, 6.45) is -1.07. The number of carbonyl (C=O) groups is 4. The topological polar surface area (TPSA) is 120 Å². The Hall–Kier alpha value is -3.88. The predicted octanol–water partition coefficient (Wildman–Crippen LogP) is 1.74. The molecule has 0 unspecified atom stereocenters. The Bertz CT molecular complexity index is 903. The number of methoxy groups -OCH3 is 2. The van der Waals surface area contributed by atoms with Crippen molar-refractivity contribution in [1.29, 1.82) is 0 Å². The van der Waals surface area contributed by atoms with Gasteiger partial charge < -0.3 is 24.8 Å². The highest BCUT2D eigenvalue weighted by molar-refractivity contribution is 5.91. The number of alkyl carbamates (subject to hydrolysis) is 1. The van der Waals surface area contributed by atoms with Crippen molar-refractivity contribution in [3.63, 3.8) is 0 Å². The van der Waals surface area contributed by atoms with Gasteiger partial charge in [0.15, 0.2) is 0 Å². The number of amides is 2. The zero-order chi connectivity index (χ0) is 23.3. The van der Waals surface area contributed by atoms with E-state index in [4.69, 9.17) is 4.74 Å². The summed E-state index contributed by atoms with van der Waals surface area (Å²) in [6.45, 7) is 0.0273. The highest BCUT2D eigenvalue weighted by Gasteiger charge is 2.29. The second-order valence-electron chi connectivity index (χ2n) is 6.81. The average molecular weight is 442 g/mol. The summed E-state index contributed by atoms with van der Waals surface area (Å²) in [7, 11) is 2.31. The van der Waals surface area contributed by atoms with Crippen LogP contribution in [0.2, 0.25) is 0 Å². The first-order valence-corrected chi connectivity index (χ1v) is 9.89. The summed E-state index contributed by atoms with van der Waals surface area (Å²) in [5.74, 6) is -2.19. The molecule has 0 fully saturated rings. The number of benzene rings is 2. The predicted molar refractivity (Wildman–Crippen MR) is 114 cm³/mol. The van der Waals surface area contributed by atoms with E-state index in [0.29, 0.717) is 0 Å². The summed E-state index contributed by atoms with van der Waals surface area (Å²) in [5.41, 5.74) is 1.56. The maximum absolute atomic E-state index is 12.9. The first-order valence-electron chi connectivity index (χ1n) is 9.89. The smallest absolute Gasteiger partial charge is 0.408 e. The molecule has 0 heterocycles. The van der Waals surface area contributed by atoms with Crippen molar-refractivity contribution in [3.8, 4) is 0 Å². The molecule has 0 bridgehead atoms. The van der Waals surface area contributed by atoms with Crippen LogP contribution in [0.15, 0.2) is 60.7 Å². The molecular formula is C23H26N2O7. The van der Waals surface area contributed by atoms with Gasteiger partial charge in [-0.05, 0) is 11.1 Å². The van der Waals surface area contributed by atoms with Gasteiger partial charge in [0.05, 0.1) is 20.6 Å². The van der Waals surface area contributed by atoms with Crippen molar-refractivity contribution in [2.75, 3.05) is 14.2 Å². The number of nitrogens with one attached hydrogen (secondary N) is 2. The van der Waals surface area contributed by atoms with E-state index in [0.717, 1.165) is 18.2 Å². The maximum atomic E-state index is 12.9. The van der Waals surface area contributed by atoms with E-state index < -0.39 is 42.4 Å². The highest BCUT2D eigenvalue weighted by Crippen LogP contribution is 2.07. The molecule has 0 aliphatic carbocycles. The Morgan fingerprint density at radius 1 is 0.781 bits per heavy atom. The maximum Gasteiger partial charge on any atom is 0.408 e. The minimum Gasteiger partial charge on any atom is -0.469 e. The molecule has 2 aromatic carbocycles. The van der Waals surface area contributed by atoms with Gasteiger partial charge in [-0.25, -0.2) is 9.59 Å². The number of ether oxygens (including phenoxy) is 3. The second kappa shape index (κ2) is 12.7. The lowest BCUT2D eigenvalue weighted by Gasteiger charge is -2.22. The van der Waals surface area contributed by atoms with Crippen LogP contribution in [0.25, 0.3) is 0 Å². The number of esters is 2. The molecule has 0 radical (unpaired) electrons. The van der Waals surface area contributed by atoms with Gasteiger partial charge in [-0.15, -0.1) is 0 Å². The monoisotopic (exact) mass is 442 g/mol. The van der Waals surface area contributed by atoms with Crippen LogP contribution in [0.3, 0.4) is 0 Å². The lowest BCUT2D eigenvalue weighted by molar-refractivity contribution is -0.150. The molecule has 2 rings (SSSR count). The molecule has 32 heavy (non-hydrogen) atoms. The zero-order valence-corrected chi connectivity index (χ0v) is 17.9. The van der Waals surface area contributed by atoms with Crippen molar-refractivity contribution in [2.24, 2.45) is 0 Å². The average Bonchev–Trinajstić information content (AvgIpc) is 2.82. The van der Waals surface area contributed by atoms with E-state index in [9.17, 15) is 19.2 Å². The fourth-order valence-corrected chi connectivity index (χ4v) is 2.82. The number of hydrogen-bond donors (Lipinski definition) is 2. The first-order chi connectivity index (χ1) is 15.4. The van der Waals surface area contributed by atoms with Crippen molar-refractivity contribution in [1.82, 2.24) is 10.6 Å². The number of rotatable bonds is 10. The molecule has 9 heteroatoms. The summed E-state index contributed by atoms with van der Waals surface area (Å²) in [4.78, 5) is 48.9. The van der Waals surface area contributed by atoms with E-state index in [2.05, 4.69) is 20.1 Å². The van der Waals surface area contributed by atoms with Gasteiger partial charge in [0.1, 0.15) is 18.7 Å². The van der Waals surface area contributed by atoms with Crippen LogP contribution < -0.4 is 10.6 Å². The molecule has 9 nitrogen and oxygen atoms in total. The lowest BCUT2D eigenvalue weighted by Crippen LogP contribution is -2.53. The summed E-state index contributed by atoms with van der Waals surface area (Å²) < 4.78 is 14.4. The van der Waals surface area contributed by atoms with E-state index in [-0.39, 0.29) is 13.0 Å². The molecular weight excluding hydrogens is 416 g/mol. The quantitative estimate of drug-likeness (QED) is 0.425. The Morgan fingerprint density at radius 2 is 1.38 bits per heavy atom. The van der Waals surface area contributed by atoms with Gasteiger partial charge in [0.25, 0.3) is 0 Å². The van der Waals surface area contributed by atoms with E-state index >= 15 is 0 Å². The molecule has 0 saturated heterocycles. The van der Waals surface area contributed by atoms with Crippen LogP contribution in [0.4, 0.5) is 4.79 Å². The third-order valence-corrected chi connectivity index (χ3v) is 4.50. The molecule has 2 N–H and O–H groups in total. The minimum absolute atomic E-state index is 0.0273. The molecule has 2 amide bonds. The lowest BCUT2D eigenvalue weighted by atomic mass is 10.0. The molecule has 0 aliphatic heterocycles. The largest absolute Gasteiger partial charge is 0.469 e. The SMILES string of the molecule is COC(=O)C[C@H](NC(=O)[C@@H](Cc1ccccc1)NC(=O)OCc1ccccc1)C(=O)OC. The zero-order valence-electron chi connectivity index (χ0n) is 17.9. The van der Waals surface area contributed by atoms with Crippen molar-refractivity contribution in [2.45, 2.75) is 31.5 Å². The van der Waals surface area contributed by atoms with Crippen molar-refractivity contribution >= 4 is 23.9 Å². The minimum atomic E-state index is -1.26. The number of carbonyl (C=O) groups excluding carboxylic acids is 4. The van der Waals surface area contributed by atoms with Crippen LogP contribution in [0.1, 0.15) is 17.5 Å². The normalized spacial score (nSPS) is 12.1. The van der Waals surface area contributed by atoms with Gasteiger partial charge in [-0.2, -0.15) is 0 Å². The molecule has 0 aromatic heterocycles. The fourth-order valence-electron chi connectivity index (χ4n) is 2.82. The number of hydrogen-bond acceptors (Lipinski definition) is 7. The summed E-state index contributed by atoms with van der Waals surface area (Å²) in [6, 6.07) is 15.8. The van der Waals surface area contributed by atoms with Crippen LogP contribution in [-0.4, -0.2) is 50.2 Å². The van der Waals surface area contributed by atoms with Gasteiger partial charge >= 0.3 is 18.0 Å². The third kappa shape index (κ3) is 8.10. The molecule has 2 atom stereocenters. The third-order valence-electron chi connectivity index (χ3n) is 4.50. The summed E-state index contributed by atoms with van der Waals surface area (Å²) >= 11 is 0. The first kappa shape index (κ1) is 24.4. The van der Waals surface area contributed by atoms with E-state index in [1.807, 2.05) is 24.3 Å². The van der Waals surface area contributed by atoms with Gasteiger partial charge in [0.2, 0.25) is 5.91 Å². The molecule has 170 valence electrons. The Kier molecular flexibility index (Phi) is 9.70. The second-order valence-corrected chi connectivity index (χ2v) is 6.81. The molecule has 0 aliphatic rings. The van der Waals surface area contributed by atoms with Crippen LogP contribution in [0.5, 0.6) is 0 Å². The summed E-state index contributed by atoms with van der Waals surface area (Å²) in [5, 5.41) is 4.97. The Balaban J connectivity index is 2.09. The van der Waals surface area contributed by atoms with Gasteiger partial charge in [-0.1, -0.05) is 60.7 Å². The fraction of sp³-hybridized carbons (Fsp3) is 0.304. The highest BCUT2D eigenvalue weighted by atomic mass is 16.5. The van der Waals surface area contributed by atoms with Crippen LogP contribution in [-0.2, 0) is 41.6 Å². The Labute approximate surface area is 186 Å². The van der Waals surface area contributed by atoms with Crippen molar-refractivity contribution < 1.29 is 33.4 Å². The van der Waals surface area contributed by atoms with E-state index in [1.54, 1.807) is 36.4 Å². The molecule has 0 spiro atoms. The van der Waals surface area contributed by atoms with Gasteiger partial charge in [-0.3, -0.25) is 9.59 Å². The Morgan fingerprint density at radius 3 is 1.94 bits per heavy atom. The van der Waals surface area contributed by atoms with Crippen LogP contribution >= 0.6 is 0 Å².